The van der Waals surface area contributed by atoms with Gasteiger partial charge in [-0.3, -0.25) is 0 Å². The van der Waals surface area contributed by atoms with E-state index in [1.807, 2.05) is 13.8 Å². The lowest BCUT2D eigenvalue weighted by Gasteiger charge is -2.33. The van der Waals surface area contributed by atoms with Crippen molar-refractivity contribution in [1.29, 1.82) is 0 Å². The van der Waals surface area contributed by atoms with Crippen LogP contribution < -0.4 is 15.4 Å². The maximum atomic E-state index is 12.6. The Morgan fingerprint density at radius 2 is 1.81 bits per heavy atom. The fourth-order valence-corrected chi connectivity index (χ4v) is 3.28. The average molecular weight is 384 g/mol. The van der Waals surface area contributed by atoms with E-state index >= 15 is 0 Å². The first kappa shape index (κ1) is 20.1. The fraction of sp³-hybridized carbons (Fsp3) is 0.444. The zero-order valence-electron chi connectivity index (χ0n) is 15.3. The second-order valence-electron chi connectivity index (χ2n) is 6.37. The molecule has 2 rings (SSSR count). The summed E-state index contributed by atoms with van der Waals surface area (Å²) >= 11 is 5.27. The molecule has 0 amide bonds. The van der Waals surface area contributed by atoms with Gasteiger partial charge in [0.05, 0.1) is 18.7 Å². The summed E-state index contributed by atoms with van der Waals surface area (Å²) in [5.41, 5.74) is 2.89. The third-order valence-corrected chi connectivity index (χ3v) is 4.33. The first-order chi connectivity index (χ1) is 12.1. The maximum absolute atomic E-state index is 12.6. The van der Waals surface area contributed by atoms with Gasteiger partial charge in [-0.15, -0.1) is 0 Å². The van der Waals surface area contributed by atoms with E-state index in [2.05, 4.69) is 15.4 Å². The summed E-state index contributed by atoms with van der Waals surface area (Å²) in [5, 5.41) is 6.48. The van der Waals surface area contributed by atoms with E-state index in [1.165, 1.54) is 7.11 Å². The lowest BCUT2D eigenvalue weighted by Crippen LogP contribution is -2.46. The van der Waals surface area contributed by atoms with Crippen LogP contribution in [0.2, 0.25) is 0 Å². The van der Waals surface area contributed by atoms with Gasteiger partial charge in [0.15, 0.2) is 5.11 Å². The van der Waals surface area contributed by atoms with Crippen molar-refractivity contribution in [3.8, 4) is 5.75 Å². The minimum atomic E-state index is -2.90. The number of ether oxygens (including phenoxy) is 2. The molecule has 5 nitrogen and oxygen atoms in total. The lowest BCUT2D eigenvalue weighted by molar-refractivity contribution is -0.136. The Morgan fingerprint density at radius 1 is 1.23 bits per heavy atom. The molecule has 1 atom stereocenters. The van der Waals surface area contributed by atoms with E-state index in [1.54, 1.807) is 26.0 Å². The van der Waals surface area contributed by atoms with Crippen LogP contribution in [0.1, 0.15) is 36.6 Å². The van der Waals surface area contributed by atoms with Crippen LogP contribution in [0.4, 0.5) is 8.78 Å². The second kappa shape index (κ2) is 7.99. The number of rotatable bonds is 5. The normalized spacial score (nSPS) is 17.3. The summed E-state index contributed by atoms with van der Waals surface area (Å²) in [5.74, 6) is -0.340. The summed E-state index contributed by atoms with van der Waals surface area (Å²) in [7, 11) is 1.31. The van der Waals surface area contributed by atoms with Gasteiger partial charge in [0.2, 0.25) is 0 Å². The van der Waals surface area contributed by atoms with Gasteiger partial charge in [-0.05, 0) is 60.8 Å². The zero-order chi connectivity index (χ0) is 19.6. The molecule has 1 aromatic rings. The second-order valence-corrected chi connectivity index (χ2v) is 6.78. The van der Waals surface area contributed by atoms with E-state index in [9.17, 15) is 13.6 Å². The molecule has 26 heavy (non-hydrogen) atoms. The van der Waals surface area contributed by atoms with Crippen LogP contribution in [0.25, 0.3) is 0 Å². The quantitative estimate of drug-likeness (QED) is 0.599. The van der Waals surface area contributed by atoms with Crippen LogP contribution in [-0.2, 0) is 9.53 Å². The van der Waals surface area contributed by atoms with Crippen molar-refractivity contribution < 1.29 is 23.0 Å². The van der Waals surface area contributed by atoms with Crippen molar-refractivity contribution in [2.45, 2.75) is 40.3 Å². The molecular formula is C18H22F2N2O3S. The maximum Gasteiger partial charge on any atom is 0.387 e. The van der Waals surface area contributed by atoms with Gasteiger partial charge >= 0.3 is 12.6 Å². The molecule has 0 spiro atoms. The zero-order valence-corrected chi connectivity index (χ0v) is 16.1. The highest BCUT2D eigenvalue weighted by atomic mass is 32.1. The van der Waals surface area contributed by atoms with E-state index < -0.39 is 18.6 Å². The molecule has 0 aromatic heterocycles. The molecule has 142 valence electrons. The summed E-state index contributed by atoms with van der Waals surface area (Å²) < 4.78 is 34.8. The van der Waals surface area contributed by atoms with Gasteiger partial charge in [-0.1, -0.05) is 13.8 Å². The molecule has 0 aliphatic carbocycles. The molecule has 1 aromatic carbocycles. The minimum Gasteiger partial charge on any atom is -0.466 e. The van der Waals surface area contributed by atoms with Gasteiger partial charge in [0.25, 0.3) is 0 Å². The van der Waals surface area contributed by atoms with Gasteiger partial charge in [-0.2, -0.15) is 8.78 Å². The third-order valence-electron chi connectivity index (χ3n) is 4.11. The molecule has 0 saturated carbocycles. The Bertz CT molecular complexity index is 740. The van der Waals surface area contributed by atoms with Crippen molar-refractivity contribution in [1.82, 2.24) is 10.6 Å². The smallest absolute Gasteiger partial charge is 0.387 e. The van der Waals surface area contributed by atoms with Crippen molar-refractivity contribution in [3.05, 3.63) is 40.1 Å². The largest absolute Gasteiger partial charge is 0.466 e. The van der Waals surface area contributed by atoms with Crippen molar-refractivity contribution in [2.24, 2.45) is 5.92 Å². The predicted molar refractivity (Wildman–Crippen MR) is 98.0 cm³/mol. The summed E-state index contributed by atoms with van der Waals surface area (Å²) in [4.78, 5) is 12.4. The number of carbonyl (C=O) groups is 1. The van der Waals surface area contributed by atoms with Gasteiger partial charge in [0.1, 0.15) is 5.75 Å². The molecule has 1 aliphatic rings. The first-order valence-electron chi connectivity index (χ1n) is 8.11. The van der Waals surface area contributed by atoms with Crippen molar-refractivity contribution >= 4 is 23.3 Å². The molecule has 8 heteroatoms. The van der Waals surface area contributed by atoms with Gasteiger partial charge in [-0.25, -0.2) is 4.79 Å². The molecular weight excluding hydrogens is 362 g/mol. The molecule has 0 fully saturated rings. The van der Waals surface area contributed by atoms with Crippen LogP contribution in [0, 0.1) is 19.8 Å². The number of carbonyl (C=O) groups excluding carboxylic acids is 1. The molecule has 0 unspecified atom stereocenters. The Balaban J connectivity index is 2.59. The highest BCUT2D eigenvalue weighted by Crippen LogP contribution is 2.34. The van der Waals surface area contributed by atoms with E-state index in [-0.39, 0.29) is 11.7 Å². The highest BCUT2D eigenvalue weighted by Gasteiger charge is 2.33. The number of esters is 1. The van der Waals surface area contributed by atoms with Gasteiger partial charge < -0.3 is 20.1 Å². The number of alkyl halides is 2. The number of allylic oxidation sites excluding steroid dienone is 1. The summed E-state index contributed by atoms with van der Waals surface area (Å²) in [6.45, 7) is 4.33. The Labute approximate surface area is 156 Å². The average Bonchev–Trinajstić information content (AvgIpc) is 2.56. The standard InChI is InChI=1S/C18H22F2N2O3S/c1-8(2)13-12(16(23)24-5)14(22-18(26)21-13)11-6-9(3)15(10(4)7-11)25-17(19)20/h6-8,14,17H,1-5H3,(H2,21,22,26)/t14-/m1/s1. The van der Waals surface area contributed by atoms with Crippen LogP contribution in [0.5, 0.6) is 5.75 Å². The number of methoxy groups -OCH3 is 1. The Kier molecular flexibility index (Phi) is 6.17. The SMILES string of the molecule is COC(=O)C1=C(C(C)C)NC(=S)N[C@@H]1c1cc(C)c(OC(F)F)c(C)c1. The topological polar surface area (TPSA) is 59.6 Å². The van der Waals surface area contributed by atoms with Gasteiger partial charge in [0, 0.05) is 5.70 Å². The Morgan fingerprint density at radius 3 is 2.27 bits per heavy atom. The number of thiocarbonyl (C=S) groups is 1. The summed E-state index contributed by atoms with van der Waals surface area (Å²) in [6.07, 6.45) is 0. The van der Waals surface area contributed by atoms with Crippen LogP contribution in [0.15, 0.2) is 23.4 Å². The van der Waals surface area contributed by atoms with Crippen LogP contribution in [-0.4, -0.2) is 24.8 Å². The molecule has 2 N–H and O–H groups in total. The van der Waals surface area contributed by atoms with E-state index in [4.69, 9.17) is 17.0 Å². The third kappa shape index (κ3) is 4.12. The predicted octanol–water partition coefficient (Wildman–Crippen LogP) is 3.51. The van der Waals surface area contributed by atoms with Crippen molar-refractivity contribution in [2.75, 3.05) is 7.11 Å². The molecule has 0 radical (unpaired) electrons. The number of hydrogen-bond acceptors (Lipinski definition) is 4. The monoisotopic (exact) mass is 384 g/mol. The van der Waals surface area contributed by atoms with Crippen LogP contribution >= 0.6 is 12.2 Å². The first-order valence-corrected chi connectivity index (χ1v) is 8.52. The highest BCUT2D eigenvalue weighted by molar-refractivity contribution is 7.80. The molecule has 1 aliphatic heterocycles. The molecule has 0 bridgehead atoms. The van der Waals surface area contributed by atoms with E-state index in [0.717, 1.165) is 0 Å². The summed E-state index contributed by atoms with van der Waals surface area (Å²) in [6, 6.07) is 2.86. The number of benzene rings is 1. The lowest BCUT2D eigenvalue weighted by atomic mass is 9.90. The van der Waals surface area contributed by atoms with E-state index in [0.29, 0.717) is 33.1 Å². The molecule has 1 heterocycles. The fourth-order valence-electron chi connectivity index (χ4n) is 3.05. The number of aryl methyl sites for hydroxylation is 2. The number of halogens is 2. The molecule has 0 saturated heterocycles. The van der Waals surface area contributed by atoms with Crippen molar-refractivity contribution in [3.63, 3.8) is 0 Å². The number of hydrogen-bond donors (Lipinski definition) is 2. The Hall–Kier alpha value is -2.22. The van der Waals surface area contributed by atoms with Crippen LogP contribution in [0.3, 0.4) is 0 Å². The minimum absolute atomic E-state index is 0.00952. The number of nitrogens with one attached hydrogen (secondary N) is 2.